The summed E-state index contributed by atoms with van der Waals surface area (Å²) in [6, 6.07) is 9.41. The number of aromatic nitrogens is 3. The summed E-state index contributed by atoms with van der Waals surface area (Å²) in [7, 11) is 0. The van der Waals surface area contributed by atoms with Crippen LogP contribution in [-0.2, 0) is 0 Å². The van der Waals surface area contributed by atoms with Crippen molar-refractivity contribution < 1.29 is 14.6 Å². The molecule has 0 aliphatic heterocycles. The van der Waals surface area contributed by atoms with E-state index < -0.39 is 5.97 Å². The summed E-state index contributed by atoms with van der Waals surface area (Å²) in [6.07, 6.45) is 2.90. The lowest BCUT2D eigenvalue weighted by molar-refractivity contribution is 0.0695. The zero-order valence-electron chi connectivity index (χ0n) is 12.2. The number of nitrogens with zero attached hydrogens (tertiary/aromatic N) is 3. The first-order chi connectivity index (χ1) is 10.5. The Morgan fingerprint density at radius 3 is 2.64 bits per heavy atom. The number of fused-ring (bicyclic) bond motifs is 1. The Morgan fingerprint density at radius 2 is 2.00 bits per heavy atom. The minimum Gasteiger partial charge on any atom is -0.491 e. The molecule has 2 aromatic heterocycles. The highest BCUT2D eigenvalue weighted by atomic mass is 16.5. The van der Waals surface area contributed by atoms with Crippen LogP contribution in [-0.4, -0.2) is 31.8 Å². The number of carboxylic acids is 1. The van der Waals surface area contributed by atoms with Gasteiger partial charge in [-0.05, 0) is 38.1 Å². The Balaban J connectivity index is 1.94. The van der Waals surface area contributed by atoms with E-state index in [0.29, 0.717) is 5.65 Å². The minimum absolute atomic E-state index is 0.0998. The normalized spacial score (nSPS) is 11.0. The number of aromatic carboxylic acids is 1. The van der Waals surface area contributed by atoms with Crippen molar-refractivity contribution in [1.82, 2.24) is 14.6 Å². The summed E-state index contributed by atoms with van der Waals surface area (Å²) < 4.78 is 7.07. The van der Waals surface area contributed by atoms with Crippen LogP contribution in [0.15, 0.2) is 42.7 Å². The van der Waals surface area contributed by atoms with Gasteiger partial charge in [-0.15, -0.1) is 0 Å². The molecule has 0 saturated carbocycles. The number of hydrogen-bond donors (Lipinski definition) is 1. The summed E-state index contributed by atoms with van der Waals surface area (Å²) in [5.74, 6) is -0.226. The third kappa shape index (κ3) is 2.76. The SMILES string of the molecule is CC(C)Oc1ccc(-c2cc3ncc(C(=O)O)cn3n2)cc1. The molecule has 0 radical (unpaired) electrons. The van der Waals surface area contributed by atoms with Crippen LogP contribution in [0.2, 0.25) is 0 Å². The second kappa shape index (κ2) is 5.48. The van der Waals surface area contributed by atoms with Crippen molar-refractivity contribution in [2.45, 2.75) is 20.0 Å². The smallest absolute Gasteiger partial charge is 0.338 e. The van der Waals surface area contributed by atoms with Crippen molar-refractivity contribution in [3.63, 3.8) is 0 Å². The highest BCUT2D eigenvalue weighted by Gasteiger charge is 2.09. The van der Waals surface area contributed by atoms with Crippen molar-refractivity contribution in [1.29, 1.82) is 0 Å². The average Bonchev–Trinajstić information content (AvgIpc) is 2.90. The summed E-state index contributed by atoms with van der Waals surface area (Å²) in [5.41, 5.74) is 2.34. The van der Waals surface area contributed by atoms with Crippen LogP contribution in [0.25, 0.3) is 16.9 Å². The molecular formula is C16H15N3O3. The van der Waals surface area contributed by atoms with Crippen molar-refractivity contribution in [2.75, 3.05) is 0 Å². The summed E-state index contributed by atoms with van der Waals surface area (Å²) in [4.78, 5) is 15.1. The summed E-state index contributed by atoms with van der Waals surface area (Å²) >= 11 is 0. The van der Waals surface area contributed by atoms with E-state index in [2.05, 4.69) is 10.1 Å². The molecule has 2 heterocycles. The van der Waals surface area contributed by atoms with E-state index in [-0.39, 0.29) is 11.7 Å². The van der Waals surface area contributed by atoms with Gasteiger partial charge in [0.2, 0.25) is 0 Å². The predicted molar refractivity (Wildman–Crippen MR) is 81.1 cm³/mol. The van der Waals surface area contributed by atoms with Gasteiger partial charge in [0.15, 0.2) is 5.65 Å². The highest BCUT2D eigenvalue weighted by Crippen LogP contribution is 2.22. The molecule has 0 saturated heterocycles. The lowest BCUT2D eigenvalue weighted by Gasteiger charge is -2.09. The molecule has 1 N–H and O–H groups in total. The van der Waals surface area contributed by atoms with Gasteiger partial charge in [-0.3, -0.25) is 0 Å². The van der Waals surface area contributed by atoms with Crippen LogP contribution in [0.5, 0.6) is 5.75 Å². The van der Waals surface area contributed by atoms with Crippen LogP contribution in [0.3, 0.4) is 0 Å². The summed E-state index contributed by atoms with van der Waals surface area (Å²) in [5, 5.41) is 13.3. The van der Waals surface area contributed by atoms with Crippen LogP contribution in [0.4, 0.5) is 0 Å². The molecule has 22 heavy (non-hydrogen) atoms. The van der Waals surface area contributed by atoms with E-state index in [4.69, 9.17) is 9.84 Å². The van der Waals surface area contributed by atoms with E-state index in [1.165, 1.54) is 16.9 Å². The topological polar surface area (TPSA) is 76.7 Å². The van der Waals surface area contributed by atoms with Gasteiger partial charge in [0.1, 0.15) is 5.75 Å². The van der Waals surface area contributed by atoms with Gasteiger partial charge in [0.25, 0.3) is 0 Å². The zero-order chi connectivity index (χ0) is 15.7. The van der Waals surface area contributed by atoms with Crippen LogP contribution in [0.1, 0.15) is 24.2 Å². The maximum Gasteiger partial charge on any atom is 0.338 e. The van der Waals surface area contributed by atoms with Gasteiger partial charge < -0.3 is 9.84 Å². The second-order valence-electron chi connectivity index (χ2n) is 5.17. The number of carbonyl (C=O) groups is 1. The van der Waals surface area contributed by atoms with Crippen molar-refractivity contribution in [2.24, 2.45) is 0 Å². The molecule has 112 valence electrons. The molecule has 0 aliphatic rings. The average molecular weight is 297 g/mol. The largest absolute Gasteiger partial charge is 0.491 e. The number of ether oxygens (including phenoxy) is 1. The molecule has 6 heteroatoms. The van der Waals surface area contributed by atoms with Crippen LogP contribution in [0, 0.1) is 0 Å². The quantitative estimate of drug-likeness (QED) is 0.801. The predicted octanol–water partition coefficient (Wildman–Crippen LogP) is 2.88. The number of rotatable bonds is 4. The molecular weight excluding hydrogens is 282 g/mol. The second-order valence-corrected chi connectivity index (χ2v) is 5.17. The van der Waals surface area contributed by atoms with E-state index >= 15 is 0 Å². The molecule has 0 amide bonds. The lowest BCUT2D eigenvalue weighted by atomic mass is 10.1. The fraction of sp³-hybridized carbons (Fsp3) is 0.188. The van der Waals surface area contributed by atoms with E-state index in [1.54, 1.807) is 0 Å². The Bertz CT molecular complexity index is 822. The maximum atomic E-state index is 11.0. The van der Waals surface area contributed by atoms with E-state index in [0.717, 1.165) is 17.0 Å². The molecule has 0 fully saturated rings. The van der Waals surface area contributed by atoms with Crippen LogP contribution < -0.4 is 4.74 Å². The first-order valence-corrected chi connectivity index (χ1v) is 6.89. The van der Waals surface area contributed by atoms with Crippen molar-refractivity contribution in [3.8, 4) is 17.0 Å². The molecule has 3 aromatic rings. The third-order valence-electron chi connectivity index (χ3n) is 3.08. The Hall–Kier alpha value is -2.89. The van der Waals surface area contributed by atoms with Gasteiger partial charge in [0.05, 0.1) is 17.4 Å². The molecule has 0 atom stereocenters. The maximum absolute atomic E-state index is 11.0. The number of carboxylic acid groups (broad SMARTS) is 1. The molecule has 0 spiro atoms. The van der Waals surface area contributed by atoms with Crippen molar-refractivity contribution >= 4 is 11.6 Å². The highest BCUT2D eigenvalue weighted by molar-refractivity contribution is 5.87. The molecule has 1 aromatic carbocycles. The first kappa shape index (κ1) is 14.1. The standard InChI is InChI=1S/C16H15N3O3/c1-10(2)22-13-5-3-11(4-6-13)14-7-15-17-8-12(16(20)21)9-19(15)18-14/h3-10H,1-2H3,(H,20,21). The van der Waals surface area contributed by atoms with Gasteiger partial charge >= 0.3 is 5.97 Å². The lowest BCUT2D eigenvalue weighted by Crippen LogP contribution is -2.05. The van der Waals surface area contributed by atoms with Gasteiger partial charge in [-0.2, -0.15) is 5.10 Å². The van der Waals surface area contributed by atoms with E-state index in [1.807, 2.05) is 44.2 Å². The number of benzene rings is 1. The van der Waals surface area contributed by atoms with E-state index in [9.17, 15) is 4.79 Å². The fourth-order valence-electron chi connectivity index (χ4n) is 2.10. The zero-order valence-corrected chi connectivity index (χ0v) is 12.2. The minimum atomic E-state index is -1.03. The van der Waals surface area contributed by atoms with Gasteiger partial charge in [-0.1, -0.05) is 0 Å². The first-order valence-electron chi connectivity index (χ1n) is 6.89. The number of hydrogen-bond acceptors (Lipinski definition) is 4. The Morgan fingerprint density at radius 1 is 1.27 bits per heavy atom. The van der Waals surface area contributed by atoms with Crippen molar-refractivity contribution in [3.05, 3.63) is 48.3 Å². The van der Waals surface area contributed by atoms with Crippen LogP contribution >= 0.6 is 0 Å². The molecule has 6 nitrogen and oxygen atoms in total. The third-order valence-corrected chi connectivity index (χ3v) is 3.08. The monoisotopic (exact) mass is 297 g/mol. The Labute approximate surface area is 127 Å². The molecule has 3 rings (SSSR count). The molecule has 0 bridgehead atoms. The molecule has 0 aliphatic carbocycles. The fourth-order valence-corrected chi connectivity index (χ4v) is 2.10. The molecule has 0 unspecified atom stereocenters. The van der Waals surface area contributed by atoms with Gasteiger partial charge in [0, 0.05) is 24.0 Å². The Kier molecular flexibility index (Phi) is 3.50. The summed E-state index contributed by atoms with van der Waals surface area (Å²) in [6.45, 7) is 3.95. The van der Waals surface area contributed by atoms with Gasteiger partial charge in [-0.25, -0.2) is 14.3 Å².